The van der Waals surface area contributed by atoms with Gasteiger partial charge in [0.2, 0.25) is 0 Å². The lowest BCUT2D eigenvalue weighted by Gasteiger charge is -1.81. The number of nitriles is 2. The molecule has 0 aromatic carbocycles. The minimum absolute atomic E-state index is 0.222. The predicted molar refractivity (Wildman–Crippen MR) is 34.6 cm³/mol. The Morgan fingerprint density at radius 1 is 1.40 bits per heavy atom. The summed E-state index contributed by atoms with van der Waals surface area (Å²) in [4.78, 5) is 2.57. The molecule has 1 rings (SSSR count). The Labute approximate surface area is 57.5 Å². The number of aromatic nitrogens is 1. The molecule has 0 saturated heterocycles. The molecule has 0 atom stereocenters. The van der Waals surface area contributed by atoms with Crippen LogP contribution in [0.2, 0.25) is 0 Å². The van der Waals surface area contributed by atoms with Crippen molar-refractivity contribution in [2.24, 2.45) is 0 Å². The molecule has 4 nitrogen and oxygen atoms in total. The molecule has 0 amide bonds. The number of H-pyrrole nitrogens is 1. The summed E-state index contributed by atoms with van der Waals surface area (Å²) in [6.45, 7) is 0. The number of nitrogen functional groups attached to an aromatic ring is 1. The zero-order chi connectivity index (χ0) is 7.56. The lowest BCUT2D eigenvalue weighted by atomic mass is 10.2. The van der Waals surface area contributed by atoms with Crippen molar-refractivity contribution in [2.75, 3.05) is 5.73 Å². The summed E-state index contributed by atoms with van der Waals surface area (Å²) in [5, 5.41) is 16.8. The van der Waals surface area contributed by atoms with Gasteiger partial charge in [0, 0.05) is 6.20 Å². The van der Waals surface area contributed by atoms with Gasteiger partial charge in [0.05, 0.1) is 5.69 Å². The van der Waals surface area contributed by atoms with Crippen molar-refractivity contribution in [1.29, 1.82) is 10.5 Å². The van der Waals surface area contributed by atoms with E-state index in [4.69, 9.17) is 16.3 Å². The van der Waals surface area contributed by atoms with Crippen molar-refractivity contribution >= 4 is 5.69 Å². The molecule has 0 unspecified atom stereocenters. The van der Waals surface area contributed by atoms with E-state index in [1.807, 2.05) is 12.1 Å². The van der Waals surface area contributed by atoms with Gasteiger partial charge in [-0.25, -0.2) is 0 Å². The fourth-order valence-corrected chi connectivity index (χ4v) is 0.647. The molecule has 0 radical (unpaired) electrons. The first kappa shape index (κ1) is 6.18. The lowest BCUT2D eigenvalue weighted by Crippen LogP contribution is -1.85. The molecule has 3 N–H and O–H groups in total. The molecular weight excluding hydrogens is 128 g/mol. The molecular formula is C6H4N4. The molecule has 1 aromatic heterocycles. The third-order valence-corrected chi connectivity index (χ3v) is 1.13. The van der Waals surface area contributed by atoms with Gasteiger partial charge in [-0.15, -0.1) is 0 Å². The average molecular weight is 132 g/mol. The second-order valence-electron chi connectivity index (χ2n) is 1.72. The number of nitrogens with zero attached hydrogens (tertiary/aromatic N) is 2. The van der Waals surface area contributed by atoms with Crippen molar-refractivity contribution in [2.45, 2.75) is 0 Å². The van der Waals surface area contributed by atoms with E-state index in [1.54, 1.807) is 0 Å². The van der Waals surface area contributed by atoms with E-state index in [0.29, 0.717) is 5.69 Å². The van der Waals surface area contributed by atoms with Crippen LogP contribution in [0.4, 0.5) is 5.69 Å². The first-order valence-corrected chi connectivity index (χ1v) is 2.56. The highest BCUT2D eigenvalue weighted by atomic mass is 14.8. The molecule has 1 heterocycles. The number of aromatic amines is 1. The normalized spacial score (nSPS) is 8.20. The van der Waals surface area contributed by atoms with Gasteiger partial charge in [-0.3, -0.25) is 0 Å². The van der Waals surface area contributed by atoms with Crippen molar-refractivity contribution in [3.05, 3.63) is 17.5 Å². The van der Waals surface area contributed by atoms with E-state index in [1.165, 1.54) is 6.20 Å². The van der Waals surface area contributed by atoms with E-state index in [0.717, 1.165) is 0 Å². The molecule has 0 spiro atoms. The van der Waals surface area contributed by atoms with E-state index in [2.05, 4.69) is 4.98 Å². The molecule has 10 heavy (non-hydrogen) atoms. The lowest BCUT2D eigenvalue weighted by molar-refractivity contribution is 1.32. The maximum absolute atomic E-state index is 8.42. The molecule has 0 saturated carbocycles. The molecule has 48 valence electrons. The highest BCUT2D eigenvalue weighted by Crippen LogP contribution is 2.12. The summed E-state index contributed by atoms with van der Waals surface area (Å²) in [7, 11) is 0. The topological polar surface area (TPSA) is 89.4 Å². The SMILES string of the molecule is N#Cc1[nH]cc(N)c1C#N. The number of hydrogen-bond donors (Lipinski definition) is 2. The van der Waals surface area contributed by atoms with Crippen molar-refractivity contribution in [3.63, 3.8) is 0 Å². The van der Waals surface area contributed by atoms with Gasteiger partial charge in [-0.1, -0.05) is 0 Å². The van der Waals surface area contributed by atoms with Gasteiger partial charge in [-0.05, 0) is 0 Å². The first-order valence-electron chi connectivity index (χ1n) is 2.56. The van der Waals surface area contributed by atoms with Crippen LogP contribution in [0.15, 0.2) is 6.20 Å². The van der Waals surface area contributed by atoms with Crippen molar-refractivity contribution in [1.82, 2.24) is 4.98 Å². The Morgan fingerprint density at radius 3 is 2.50 bits per heavy atom. The number of nitrogens with two attached hydrogens (primary N) is 1. The van der Waals surface area contributed by atoms with Gasteiger partial charge in [-0.2, -0.15) is 10.5 Å². The smallest absolute Gasteiger partial charge is 0.137 e. The molecule has 0 aliphatic carbocycles. The summed E-state index contributed by atoms with van der Waals surface area (Å²) in [6.07, 6.45) is 1.43. The van der Waals surface area contributed by atoms with Gasteiger partial charge < -0.3 is 10.7 Å². The van der Waals surface area contributed by atoms with E-state index >= 15 is 0 Å². The number of rotatable bonds is 0. The van der Waals surface area contributed by atoms with E-state index < -0.39 is 0 Å². The van der Waals surface area contributed by atoms with Gasteiger partial charge in [0.25, 0.3) is 0 Å². The second-order valence-corrected chi connectivity index (χ2v) is 1.72. The van der Waals surface area contributed by atoms with Gasteiger partial charge in [0.15, 0.2) is 0 Å². The Hall–Kier alpha value is -1.94. The van der Waals surface area contributed by atoms with Gasteiger partial charge in [0.1, 0.15) is 23.4 Å². The fraction of sp³-hybridized carbons (Fsp3) is 0. The van der Waals surface area contributed by atoms with E-state index in [9.17, 15) is 0 Å². The van der Waals surface area contributed by atoms with Crippen LogP contribution in [0.25, 0.3) is 0 Å². The Morgan fingerprint density at radius 2 is 2.10 bits per heavy atom. The fourth-order valence-electron chi connectivity index (χ4n) is 0.647. The zero-order valence-electron chi connectivity index (χ0n) is 5.05. The van der Waals surface area contributed by atoms with Crippen LogP contribution in [-0.2, 0) is 0 Å². The van der Waals surface area contributed by atoms with Crippen LogP contribution < -0.4 is 5.73 Å². The predicted octanol–water partition coefficient (Wildman–Crippen LogP) is 0.340. The van der Waals surface area contributed by atoms with Crippen LogP contribution >= 0.6 is 0 Å². The van der Waals surface area contributed by atoms with Crippen molar-refractivity contribution in [3.8, 4) is 12.1 Å². The maximum atomic E-state index is 8.42. The summed E-state index contributed by atoms with van der Waals surface area (Å²) >= 11 is 0. The van der Waals surface area contributed by atoms with Crippen LogP contribution in [0.1, 0.15) is 11.3 Å². The first-order chi connectivity index (χ1) is 4.79. The number of hydrogen-bond acceptors (Lipinski definition) is 3. The third-order valence-electron chi connectivity index (χ3n) is 1.13. The Kier molecular flexibility index (Phi) is 1.31. The molecule has 4 heteroatoms. The van der Waals surface area contributed by atoms with E-state index in [-0.39, 0.29) is 11.3 Å². The molecule has 0 fully saturated rings. The number of anilines is 1. The highest BCUT2D eigenvalue weighted by Gasteiger charge is 2.05. The van der Waals surface area contributed by atoms with Crippen LogP contribution in [0.5, 0.6) is 0 Å². The minimum atomic E-state index is 0.222. The summed E-state index contributed by atoms with van der Waals surface area (Å²) in [6, 6.07) is 3.63. The number of nitrogens with one attached hydrogen (secondary N) is 1. The molecule has 0 bridgehead atoms. The van der Waals surface area contributed by atoms with Crippen LogP contribution in [0.3, 0.4) is 0 Å². The maximum Gasteiger partial charge on any atom is 0.137 e. The molecule has 1 aromatic rings. The largest absolute Gasteiger partial charge is 0.396 e. The quantitative estimate of drug-likeness (QED) is 0.533. The Balaban J connectivity index is 3.34. The highest BCUT2D eigenvalue weighted by molar-refractivity contribution is 5.59. The zero-order valence-corrected chi connectivity index (χ0v) is 5.05. The third kappa shape index (κ3) is 0.684. The second kappa shape index (κ2) is 2.12. The molecule has 0 aliphatic rings. The van der Waals surface area contributed by atoms with Gasteiger partial charge >= 0.3 is 0 Å². The average Bonchev–Trinajstić information content (AvgIpc) is 2.30. The molecule has 0 aliphatic heterocycles. The van der Waals surface area contributed by atoms with Crippen LogP contribution in [0, 0.1) is 22.7 Å². The summed E-state index contributed by atoms with van der Waals surface area (Å²) < 4.78 is 0. The summed E-state index contributed by atoms with van der Waals surface area (Å²) in [5.74, 6) is 0. The Bertz CT molecular complexity index is 322. The standard InChI is InChI=1S/C6H4N4/c7-1-4-5(9)3-10-6(4)2-8/h3,10H,9H2. The minimum Gasteiger partial charge on any atom is -0.396 e. The van der Waals surface area contributed by atoms with Crippen molar-refractivity contribution < 1.29 is 0 Å². The van der Waals surface area contributed by atoms with Crippen LogP contribution in [-0.4, -0.2) is 4.98 Å². The summed E-state index contributed by atoms with van der Waals surface area (Å²) in [5.41, 5.74) is 6.09. The monoisotopic (exact) mass is 132 g/mol.